The summed E-state index contributed by atoms with van der Waals surface area (Å²) in [4.78, 5) is 72.2. The van der Waals surface area contributed by atoms with Gasteiger partial charge in [-0.3, -0.25) is 37.3 Å². The smallest absolute Gasteiger partial charge is 0.462 e. The highest BCUT2D eigenvalue weighted by Gasteiger charge is 2.30. The van der Waals surface area contributed by atoms with Crippen LogP contribution >= 0.6 is 15.6 Å². The summed E-state index contributed by atoms with van der Waals surface area (Å²) in [6.45, 7) is 9.44. The van der Waals surface area contributed by atoms with E-state index >= 15 is 0 Å². The molecular formula is C67H130O17P2. The molecule has 0 aliphatic heterocycles. The molecule has 0 saturated heterocycles. The Morgan fingerprint density at radius 1 is 0.337 bits per heavy atom. The van der Waals surface area contributed by atoms with Crippen LogP contribution in [0.1, 0.15) is 337 Å². The molecule has 0 aromatic rings. The number of aliphatic hydroxyl groups is 1. The molecule has 0 saturated carbocycles. The summed E-state index contributed by atoms with van der Waals surface area (Å²) in [7, 11) is -9.89. The SMILES string of the molecule is CCCCCCCCCCCCCCCCCC(=O)O[C@H](COC(=O)CCCCCCCCCCCCC(C)CC)COP(=O)(O)OC[C@@H](O)COP(=O)(O)OC[C@@H](COC(=O)CCCCCCC)OC(=O)CCCCCCCCCCCC(C)C. The number of phosphoric ester groups is 2. The van der Waals surface area contributed by atoms with Crippen LogP contribution in [0.4, 0.5) is 0 Å². The molecule has 86 heavy (non-hydrogen) atoms. The highest BCUT2D eigenvalue weighted by Crippen LogP contribution is 2.45. The van der Waals surface area contributed by atoms with Crippen molar-refractivity contribution in [1.82, 2.24) is 0 Å². The lowest BCUT2D eigenvalue weighted by Crippen LogP contribution is -2.30. The van der Waals surface area contributed by atoms with Gasteiger partial charge in [0.25, 0.3) is 0 Å². The molecule has 6 atom stereocenters. The van der Waals surface area contributed by atoms with E-state index in [9.17, 15) is 43.2 Å². The molecule has 0 aliphatic carbocycles. The molecule has 0 fully saturated rings. The summed E-state index contributed by atoms with van der Waals surface area (Å²) in [5.41, 5.74) is 0. The van der Waals surface area contributed by atoms with Gasteiger partial charge in [0.2, 0.25) is 0 Å². The minimum absolute atomic E-state index is 0.104. The number of rotatable bonds is 66. The number of ether oxygens (including phenoxy) is 4. The number of carbonyl (C=O) groups is 4. The Bertz CT molecular complexity index is 1690. The normalized spacial score (nSPS) is 14.5. The van der Waals surface area contributed by atoms with Crippen LogP contribution in [0.15, 0.2) is 0 Å². The van der Waals surface area contributed by atoms with Gasteiger partial charge in [0.1, 0.15) is 19.3 Å². The van der Waals surface area contributed by atoms with E-state index in [0.717, 1.165) is 108 Å². The number of hydrogen-bond donors (Lipinski definition) is 3. The van der Waals surface area contributed by atoms with Crippen LogP contribution in [-0.2, 0) is 65.4 Å². The average molecular weight is 1270 g/mol. The van der Waals surface area contributed by atoms with Crippen LogP contribution in [0.3, 0.4) is 0 Å². The second-order valence-electron chi connectivity index (χ2n) is 24.9. The van der Waals surface area contributed by atoms with Gasteiger partial charge in [-0.1, -0.05) is 286 Å². The van der Waals surface area contributed by atoms with Crippen LogP contribution in [0.25, 0.3) is 0 Å². The van der Waals surface area contributed by atoms with Gasteiger partial charge in [-0.15, -0.1) is 0 Å². The molecule has 0 rings (SSSR count). The van der Waals surface area contributed by atoms with Gasteiger partial charge in [0.05, 0.1) is 26.4 Å². The molecule has 0 heterocycles. The second kappa shape index (κ2) is 59.4. The molecule has 17 nitrogen and oxygen atoms in total. The quantitative estimate of drug-likeness (QED) is 0.0222. The zero-order valence-corrected chi connectivity index (χ0v) is 57.4. The number of esters is 4. The number of aliphatic hydroxyl groups excluding tert-OH is 1. The maximum Gasteiger partial charge on any atom is 0.472 e. The van der Waals surface area contributed by atoms with Crippen molar-refractivity contribution in [2.75, 3.05) is 39.6 Å². The summed E-state index contributed by atoms with van der Waals surface area (Å²) in [5, 5.41) is 10.5. The van der Waals surface area contributed by atoms with Gasteiger partial charge in [-0.2, -0.15) is 0 Å². The molecule has 3 N–H and O–H groups in total. The minimum atomic E-state index is -4.95. The van der Waals surface area contributed by atoms with Crippen LogP contribution in [-0.4, -0.2) is 96.7 Å². The first kappa shape index (κ1) is 84.1. The van der Waals surface area contributed by atoms with E-state index in [0.29, 0.717) is 25.7 Å². The van der Waals surface area contributed by atoms with Gasteiger partial charge >= 0.3 is 39.5 Å². The molecule has 0 spiro atoms. The molecule has 0 amide bonds. The van der Waals surface area contributed by atoms with Crippen molar-refractivity contribution >= 4 is 39.5 Å². The molecule has 0 aromatic heterocycles. The monoisotopic (exact) mass is 1270 g/mol. The first-order valence-electron chi connectivity index (χ1n) is 35.0. The van der Waals surface area contributed by atoms with Crippen LogP contribution in [0.5, 0.6) is 0 Å². The molecule has 19 heteroatoms. The van der Waals surface area contributed by atoms with Crippen LogP contribution < -0.4 is 0 Å². The summed E-state index contributed by atoms with van der Waals surface area (Å²) < 4.78 is 68.0. The van der Waals surface area contributed by atoms with Crippen LogP contribution in [0.2, 0.25) is 0 Å². The Morgan fingerprint density at radius 3 is 0.884 bits per heavy atom. The summed E-state index contributed by atoms with van der Waals surface area (Å²) >= 11 is 0. The van der Waals surface area contributed by atoms with E-state index in [-0.39, 0.29) is 25.7 Å². The third-order valence-electron chi connectivity index (χ3n) is 15.8. The number of unbranched alkanes of at least 4 members (excludes halogenated alkanes) is 35. The molecule has 0 radical (unpaired) electrons. The number of phosphoric acid groups is 2. The molecule has 0 bridgehead atoms. The fraction of sp³-hybridized carbons (Fsp3) is 0.940. The number of hydrogen-bond acceptors (Lipinski definition) is 15. The third kappa shape index (κ3) is 59.7. The largest absolute Gasteiger partial charge is 0.472 e. The zero-order chi connectivity index (χ0) is 63.6. The Morgan fingerprint density at radius 2 is 0.593 bits per heavy atom. The van der Waals surface area contributed by atoms with E-state index in [2.05, 4.69) is 41.5 Å². The average Bonchev–Trinajstić information content (AvgIpc) is 3.59. The topological polar surface area (TPSA) is 237 Å². The van der Waals surface area contributed by atoms with E-state index in [4.69, 9.17) is 37.0 Å². The summed E-state index contributed by atoms with van der Waals surface area (Å²) in [6, 6.07) is 0. The third-order valence-corrected chi connectivity index (χ3v) is 17.7. The maximum absolute atomic E-state index is 13.0. The van der Waals surface area contributed by atoms with Crippen molar-refractivity contribution in [2.45, 2.75) is 355 Å². The molecule has 0 aliphatic rings. The van der Waals surface area contributed by atoms with Crippen LogP contribution in [0, 0.1) is 11.8 Å². The predicted molar refractivity (Wildman–Crippen MR) is 345 cm³/mol. The maximum atomic E-state index is 13.0. The number of carbonyl (C=O) groups excluding carboxylic acids is 4. The lowest BCUT2D eigenvalue weighted by Gasteiger charge is -2.21. The van der Waals surface area contributed by atoms with Gasteiger partial charge in [0, 0.05) is 25.7 Å². The van der Waals surface area contributed by atoms with E-state index < -0.39 is 97.5 Å². The molecule has 3 unspecified atom stereocenters. The van der Waals surface area contributed by atoms with Gasteiger partial charge in [-0.25, -0.2) is 9.13 Å². The standard InChI is InChI=1S/C67H130O17P2/c1-7-10-12-14-15-16-17-18-19-20-21-28-33-39-45-51-66(71)84-63(56-78-65(70)50-44-38-32-27-23-22-26-31-37-42-48-60(6)9-3)58-82-86(75,76)80-54-61(68)53-79-85(73,74)81-57-62(55-77-64(69)49-43-35-13-11-8-2)83-67(72)52-46-40-34-29-24-25-30-36-41-47-59(4)5/h59-63,68H,7-58H2,1-6H3,(H,73,74)(H,75,76)/t60?,61-,62+,63+/m0/s1. The second-order valence-corrected chi connectivity index (χ2v) is 27.8. The van der Waals surface area contributed by atoms with Gasteiger partial charge < -0.3 is 33.8 Å². The minimum Gasteiger partial charge on any atom is -0.462 e. The molecule has 0 aromatic carbocycles. The zero-order valence-electron chi connectivity index (χ0n) is 55.6. The molecule has 510 valence electrons. The highest BCUT2D eigenvalue weighted by molar-refractivity contribution is 7.47. The van der Waals surface area contributed by atoms with E-state index in [1.165, 1.54) is 148 Å². The first-order valence-corrected chi connectivity index (χ1v) is 38.0. The predicted octanol–water partition coefficient (Wildman–Crippen LogP) is 18.8. The van der Waals surface area contributed by atoms with Crippen molar-refractivity contribution in [2.24, 2.45) is 11.8 Å². The Balaban J connectivity index is 5.18. The van der Waals surface area contributed by atoms with Crippen molar-refractivity contribution in [3.8, 4) is 0 Å². The van der Waals surface area contributed by atoms with Gasteiger partial charge in [-0.05, 0) is 37.5 Å². The lowest BCUT2D eigenvalue weighted by molar-refractivity contribution is -0.161. The Kier molecular flexibility index (Phi) is 58.0. The summed E-state index contributed by atoms with van der Waals surface area (Å²) in [6.07, 6.45) is 43.3. The summed E-state index contributed by atoms with van der Waals surface area (Å²) in [5.74, 6) is -0.592. The fourth-order valence-corrected chi connectivity index (χ4v) is 11.6. The fourth-order valence-electron chi connectivity index (χ4n) is 10.0. The highest BCUT2D eigenvalue weighted by atomic mass is 31.2. The van der Waals surface area contributed by atoms with Gasteiger partial charge in [0.15, 0.2) is 12.2 Å². The lowest BCUT2D eigenvalue weighted by atomic mass is 9.99. The van der Waals surface area contributed by atoms with E-state index in [1.807, 2.05) is 0 Å². The van der Waals surface area contributed by atoms with Crippen molar-refractivity contribution in [3.05, 3.63) is 0 Å². The van der Waals surface area contributed by atoms with Crippen molar-refractivity contribution < 1.29 is 80.2 Å². The van der Waals surface area contributed by atoms with Crippen molar-refractivity contribution in [1.29, 1.82) is 0 Å². The first-order chi connectivity index (χ1) is 41.4. The van der Waals surface area contributed by atoms with E-state index in [1.54, 1.807) is 0 Å². The molecular weight excluding hydrogens is 1140 g/mol. The Labute approximate surface area is 524 Å². The Hall–Kier alpha value is -1.94. The van der Waals surface area contributed by atoms with Crippen molar-refractivity contribution in [3.63, 3.8) is 0 Å².